The van der Waals surface area contributed by atoms with Crippen molar-refractivity contribution in [2.24, 2.45) is 0 Å². The molecule has 2 aromatic carbocycles. The molecule has 0 bridgehead atoms. The van der Waals surface area contributed by atoms with Crippen LogP contribution in [0.5, 0.6) is 5.75 Å². The summed E-state index contributed by atoms with van der Waals surface area (Å²) in [5, 5.41) is 7.51. The third-order valence-corrected chi connectivity index (χ3v) is 3.93. The zero-order chi connectivity index (χ0) is 18.4. The molecule has 0 aliphatic rings. The maximum Gasteiger partial charge on any atom is 0.255 e. The van der Waals surface area contributed by atoms with Gasteiger partial charge in [0.1, 0.15) is 11.4 Å². The van der Waals surface area contributed by atoms with E-state index in [2.05, 4.69) is 10.4 Å². The number of ether oxygens (including phenoxy) is 2. The number of nitrogens with zero attached hydrogens (tertiary/aromatic N) is 2. The Kier molecular flexibility index (Phi) is 5.66. The summed E-state index contributed by atoms with van der Waals surface area (Å²) >= 11 is 0. The molecule has 1 aromatic heterocycles. The first kappa shape index (κ1) is 17.7. The summed E-state index contributed by atoms with van der Waals surface area (Å²) in [7, 11) is 3.20. The van der Waals surface area contributed by atoms with Crippen molar-refractivity contribution < 1.29 is 14.3 Å². The van der Waals surface area contributed by atoms with Gasteiger partial charge in [-0.25, -0.2) is 4.68 Å². The Morgan fingerprint density at radius 2 is 1.81 bits per heavy atom. The van der Waals surface area contributed by atoms with E-state index in [1.54, 1.807) is 25.1 Å². The molecule has 134 valence electrons. The van der Waals surface area contributed by atoms with Gasteiger partial charge < -0.3 is 14.8 Å². The molecule has 0 saturated carbocycles. The minimum Gasteiger partial charge on any atom is -0.496 e. The molecule has 1 N–H and O–H groups in total. The van der Waals surface area contributed by atoms with E-state index in [9.17, 15) is 4.79 Å². The van der Waals surface area contributed by atoms with Crippen molar-refractivity contribution in [3.63, 3.8) is 0 Å². The molecular weight excluding hydrogens is 330 g/mol. The van der Waals surface area contributed by atoms with Crippen LogP contribution >= 0.6 is 0 Å². The molecule has 26 heavy (non-hydrogen) atoms. The highest BCUT2D eigenvalue weighted by atomic mass is 16.5. The Bertz CT molecular complexity index is 875. The third kappa shape index (κ3) is 3.75. The van der Waals surface area contributed by atoms with E-state index >= 15 is 0 Å². The molecule has 1 heterocycles. The van der Waals surface area contributed by atoms with Gasteiger partial charge in [-0.3, -0.25) is 4.79 Å². The van der Waals surface area contributed by atoms with Gasteiger partial charge in [-0.15, -0.1) is 0 Å². The molecule has 0 saturated heterocycles. The highest BCUT2D eigenvalue weighted by molar-refractivity contribution is 6.00. The van der Waals surface area contributed by atoms with E-state index in [4.69, 9.17) is 9.47 Å². The molecule has 0 atom stereocenters. The Balaban J connectivity index is 2.06. The first-order valence-electron chi connectivity index (χ1n) is 8.30. The second-order valence-corrected chi connectivity index (χ2v) is 5.62. The normalized spacial score (nSPS) is 10.5. The fourth-order valence-electron chi connectivity index (χ4n) is 2.65. The number of carbonyl (C=O) groups excluding carboxylic acids is 1. The maximum absolute atomic E-state index is 12.7. The average molecular weight is 351 g/mol. The Labute approximate surface area is 152 Å². The smallest absolute Gasteiger partial charge is 0.255 e. The van der Waals surface area contributed by atoms with Gasteiger partial charge >= 0.3 is 0 Å². The van der Waals surface area contributed by atoms with E-state index in [0.29, 0.717) is 30.2 Å². The second kappa shape index (κ2) is 8.31. The predicted octanol–water partition coefficient (Wildman–Crippen LogP) is 2.92. The van der Waals surface area contributed by atoms with Crippen molar-refractivity contribution in [3.8, 4) is 22.7 Å². The Morgan fingerprint density at radius 1 is 1.08 bits per heavy atom. The Morgan fingerprint density at radius 3 is 2.54 bits per heavy atom. The summed E-state index contributed by atoms with van der Waals surface area (Å²) in [6.45, 7) is 0.875. The van der Waals surface area contributed by atoms with E-state index in [-0.39, 0.29) is 5.91 Å². The van der Waals surface area contributed by atoms with Gasteiger partial charge in [0.2, 0.25) is 0 Å². The van der Waals surface area contributed by atoms with Gasteiger partial charge in [0, 0.05) is 25.4 Å². The van der Waals surface area contributed by atoms with Crippen LogP contribution in [0.25, 0.3) is 16.9 Å². The van der Waals surface area contributed by atoms with E-state index in [1.165, 1.54) is 0 Å². The predicted molar refractivity (Wildman–Crippen MR) is 99.8 cm³/mol. The molecule has 3 aromatic rings. The first-order valence-corrected chi connectivity index (χ1v) is 8.30. The quantitative estimate of drug-likeness (QED) is 0.665. The van der Waals surface area contributed by atoms with E-state index in [0.717, 1.165) is 11.3 Å². The van der Waals surface area contributed by atoms with Crippen LogP contribution in [0.4, 0.5) is 0 Å². The molecule has 6 heteroatoms. The molecule has 0 spiro atoms. The summed E-state index contributed by atoms with van der Waals surface area (Å²) in [4.78, 5) is 12.7. The van der Waals surface area contributed by atoms with Crippen LogP contribution in [0.3, 0.4) is 0 Å². The van der Waals surface area contributed by atoms with Gasteiger partial charge in [-0.1, -0.05) is 30.3 Å². The monoisotopic (exact) mass is 351 g/mol. The van der Waals surface area contributed by atoms with Crippen LogP contribution < -0.4 is 10.1 Å². The van der Waals surface area contributed by atoms with Gasteiger partial charge in [0.15, 0.2) is 0 Å². The fraction of sp³-hybridized carbons (Fsp3) is 0.200. The van der Waals surface area contributed by atoms with Gasteiger partial charge in [0.05, 0.1) is 25.0 Å². The number of carbonyl (C=O) groups is 1. The number of benzene rings is 2. The summed E-state index contributed by atoms with van der Waals surface area (Å²) < 4.78 is 12.1. The topological polar surface area (TPSA) is 65.4 Å². The minimum atomic E-state index is -0.204. The molecule has 0 unspecified atom stereocenters. The van der Waals surface area contributed by atoms with E-state index < -0.39 is 0 Å². The van der Waals surface area contributed by atoms with Crippen molar-refractivity contribution in [2.75, 3.05) is 27.4 Å². The SMILES string of the molecule is COCCNC(=O)c1cn(-c2ccccc2)nc1-c1ccccc1OC. The second-order valence-electron chi connectivity index (χ2n) is 5.62. The number of aromatic nitrogens is 2. The molecule has 0 aliphatic heterocycles. The summed E-state index contributed by atoms with van der Waals surface area (Å²) in [5.41, 5.74) is 2.69. The summed E-state index contributed by atoms with van der Waals surface area (Å²) in [5.74, 6) is 0.460. The molecule has 0 fully saturated rings. The number of amides is 1. The minimum absolute atomic E-state index is 0.204. The van der Waals surface area contributed by atoms with Crippen LogP contribution in [-0.4, -0.2) is 43.1 Å². The van der Waals surface area contributed by atoms with E-state index in [1.807, 2.05) is 54.6 Å². The van der Waals surface area contributed by atoms with Gasteiger partial charge in [-0.05, 0) is 24.3 Å². The molecule has 6 nitrogen and oxygen atoms in total. The number of hydrogen-bond acceptors (Lipinski definition) is 4. The number of hydrogen-bond donors (Lipinski definition) is 1. The van der Waals surface area contributed by atoms with Crippen molar-refractivity contribution in [2.45, 2.75) is 0 Å². The number of rotatable bonds is 7. The average Bonchev–Trinajstić information content (AvgIpc) is 3.14. The lowest BCUT2D eigenvalue weighted by atomic mass is 10.1. The van der Waals surface area contributed by atoms with Crippen molar-refractivity contribution in [1.29, 1.82) is 0 Å². The van der Waals surface area contributed by atoms with Crippen LogP contribution in [0.1, 0.15) is 10.4 Å². The van der Waals surface area contributed by atoms with Crippen LogP contribution in [0.15, 0.2) is 60.8 Å². The zero-order valence-corrected chi connectivity index (χ0v) is 14.8. The number of nitrogens with one attached hydrogen (secondary N) is 1. The highest BCUT2D eigenvalue weighted by Crippen LogP contribution is 2.31. The molecule has 1 amide bonds. The first-order chi connectivity index (χ1) is 12.7. The van der Waals surface area contributed by atoms with Crippen LogP contribution in [0, 0.1) is 0 Å². The molecule has 0 radical (unpaired) electrons. The zero-order valence-electron chi connectivity index (χ0n) is 14.8. The maximum atomic E-state index is 12.7. The van der Waals surface area contributed by atoms with Crippen LogP contribution in [0.2, 0.25) is 0 Å². The molecule has 0 aliphatic carbocycles. The van der Waals surface area contributed by atoms with Gasteiger partial charge in [-0.2, -0.15) is 5.10 Å². The largest absolute Gasteiger partial charge is 0.496 e. The fourth-order valence-corrected chi connectivity index (χ4v) is 2.65. The molecular formula is C20H21N3O3. The number of methoxy groups -OCH3 is 2. The van der Waals surface area contributed by atoms with Crippen LogP contribution in [-0.2, 0) is 4.74 Å². The van der Waals surface area contributed by atoms with Gasteiger partial charge in [0.25, 0.3) is 5.91 Å². The Hall–Kier alpha value is -3.12. The highest BCUT2D eigenvalue weighted by Gasteiger charge is 2.20. The van der Waals surface area contributed by atoms with Crippen molar-refractivity contribution in [3.05, 3.63) is 66.4 Å². The van der Waals surface area contributed by atoms with Crippen molar-refractivity contribution >= 4 is 5.91 Å². The molecule has 3 rings (SSSR count). The van der Waals surface area contributed by atoms with Crippen molar-refractivity contribution in [1.82, 2.24) is 15.1 Å². The number of para-hydroxylation sites is 2. The lowest BCUT2D eigenvalue weighted by molar-refractivity contribution is 0.0937. The lowest BCUT2D eigenvalue weighted by Crippen LogP contribution is -2.27. The third-order valence-electron chi connectivity index (χ3n) is 3.93. The summed E-state index contributed by atoms with van der Waals surface area (Å²) in [6, 6.07) is 17.2. The lowest BCUT2D eigenvalue weighted by Gasteiger charge is -2.08. The summed E-state index contributed by atoms with van der Waals surface area (Å²) in [6.07, 6.45) is 1.74. The standard InChI is InChI=1S/C20H21N3O3/c1-25-13-12-21-20(24)17-14-23(15-8-4-3-5-9-15)22-19(17)16-10-6-7-11-18(16)26-2/h3-11,14H,12-13H2,1-2H3,(H,21,24).